The van der Waals surface area contributed by atoms with Crippen LogP contribution in [0.15, 0.2) is 47.1 Å². The standard InChI is InChI=1S/C16H17FN2O3/c1-10(2)14(19-15(20)13-4-3-9-22-13)16(21)18-12-7-5-11(17)6-8-12/h3-10,14H,1-2H3,(H,18,21)(H,19,20). The number of rotatable bonds is 5. The molecule has 0 radical (unpaired) electrons. The highest BCUT2D eigenvalue weighted by molar-refractivity contribution is 6.00. The molecule has 0 fully saturated rings. The molecule has 0 saturated heterocycles. The van der Waals surface area contributed by atoms with Gasteiger partial charge in [-0.1, -0.05) is 13.8 Å². The first-order valence-electron chi connectivity index (χ1n) is 6.88. The zero-order valence-electron chi connectivity index (χ0n) is 12.3. The van der Waals surface area contributed by atoms with Crippen LogP contribution in [0.2, 0.25) is 0 Å². The van der Waals surface area contributed by atoms with Crippen LogP contribution in [0.3, 0.4) is 0 Å². The first kappa shape index (κ1) is 15.8. The minimum atomic E-state index is -0.734. The van der Waals surface area contributed by atoms with E-state index in [0.29, 0.717) is 5.69 Å². The molecule has 2 aromatic rings. The molecule has 1 heterocycles. The van der Waals surface area contributed by atoms with Crippen LogP contribution in [0, 0.1) is 11.7 Å². The normalized spacial score (nSPS) is 12.0. The molecular formula is C16H17FN2O3. The molecule has 0 saturated carbocycles. The van der Waals surface area contributed by atoms with Gasteiger partial charge in [0.05, 0.1) is 6.26 Å². The second kappa shape index (κ2) is 6.89. The molecule has 0 spiro atoms. The maximum absolute atomic E-state index is 12.9. The van der Waals surface area contributed by atoms with Crippen molar-refractivity contribution >= 4 is 17.5 Å². The van der Waals surface area contributed by atoms with Crippen LogP contribution < -0.4 is 10.6 Å². The van der Waals surface area contributed by atoms with E-state index >= 15 is 0 Å². The lowest BCUT2D eigenvalue weighted by molar-refractivity contribution is -0.118. The Morgan fingerprint density at radius 2 is 1.82 bits per heavy atom. The fraction of sp³-hybridized carbons (Fsp3) is 0.250. The van der Waals surface area contributed by atoms with Gasteiger partial charge in [-0.05, 0) is 42.3 Å². The van der Waals surface area contributed by atoms with Crippen molar-refractivity contribution in [1.29, 1.82) is 0 Å². The Morgan fingerprint density at radius 1 is 1.14 bits per heavy atom. The minimum absolute atomic E-state index is 0.126. The fourth-order valence-corrected chi connectivity index (χ4v) is 1.91. The van der Waals surface area contributed by atoms with E-state index in [2.05, 4.69) is 10.6 Å². The van der Waals surface area contributed by atoms with Gasteiger partial charge in [0, 0.05) is 5.69 Å². The van der Waals surface area contributed by atoms with Gasteiger partial charge < -0.3 is 15.1 Å². The van der Waals surface area contributed by atoms with Crippen LogP contribution in [0.25, 0.3) is 0 Å². The summed E-state index contributed by atoms with van der Waals surface area (Å²) in [5, 5.41) is 5.28. The number of nitrogens with one attached hydrogen (secondary N) is 2. The lowest BCUT2D eigenvalue weighted by Gasteiger charge is -2.21. The molecular weight excluding hydrogens is 287 g/mol. The molecule has 2 N–H and O–H groups in total. The lowest BCUT2D eigenvalue weighted by Crippen LogP contribution is -2.47. The van der Waals surface area contributed by atoms with Gasteiger partial charge in [0.25, 0.3) is 5.91 Å². The Balaban J connectivity index is 2.05. The molecule has 1 unspecified atom stereocenters. The molecule has 2 rings (SSSR count). The van der Waals surface area contributed by atoms with Crippen LogP contribution in [-0.4, -0.2) is 17.9 Å². The first-order chi connectivity index (χ1) is 10.5. The van der Waals surface area contributed by atoms with Crippen molar-refractivity contribution in [2.75, 3.05) is 5.32 Å². The number of furan rings is 1. The van der Waals surface area contributed by atoms with Crippen molar-refractivity contribution in [3.8, 4) is 0 Å². The quantitative estimate of drug-likeness (QED) is 0.892. The molecule has 5 nitrogen and oxygen atoms in total. The summed E-state index contributed by atoms with van der Waals surface area (Å²) in [7, 11) is 0. The number of benzene rings is 1. The van der Waals surface area contributed by atoms with Gasteiger partial charge in [0.2, 0.25) is 5.91 Å². The van der Waals surface area contributed by atoms with Crippen molar-refractivity contribution in [2.24, 2.45) is 5.92 Å². The number of carbonyl (C=O) groups excluding carboxylic acids is 2. The Kier molecular flexibility index (Phi) is 4.93. The summed E-state index contributed by atoms with van der Waals surface area (Å²) in [6, 6.07) is 7.80. The predicted octanol–water partition coefficient (Wildman–Crippen LogP) is 2.81. The molecule has 0 aliphatic carbocycles. The number of hydrogen-bond acceptors (Lipinski definition) is 3. The molecule has 2 amide bonds. The first-order valence-corrected chi connectivity index (χ1v) is 6.88. The number of amides is 2. The van der Waals surface area contributed by atoms with E-state index in [1.807, 2.05) is 13.8 Å². The third-order valence-electron chi connectivity index (χ3n) is 3.09. The van der Waals surface area contributed by atoms with Gasteiger partial charge in [0.1, 0.15) is 11.9 Å². The number of hydrogen-bond donors (Lipinski definition) is 2. The largest absolute Gasteiger partial charge is 0.459 e. The smallest absolute Gasteiger partial charge is 0.287 e. The summed E-state index contributed by atoms with van der Waals surface area (Å²) in [4.78, 5) is 24.3. The fourth-order valence-electron chi connectivity index (χ4n) is 1.91. The SMILES string of the molecule is CC(C)C(NC(=O)c1ccco1)C(=O)Nc1ccc(F)cc1. The van der Waals surface area contributed by atoms with Crippen molar-refractivity contribution in [3.05, 3.63) is 54.2 Å². The molecule has 1 aromatic carbocycles. The molecule has 1 aromatic heterocycles. The van der Waals surface area contributed by atoms with Crippen LogP contribution in [0.1, 0.15) is 24.4 Å². The molecule has 1 atom stereocenters. The zero-order valence-corrected chi connectivity index (χ0v) is 12.3. The topological polar surface area (TPSA) is 71.3 Å². The summed E-state index contributed by atoms with van der Waals surface area (Å²) in [6.45, 7) is 3.63. The van der Waals surface area contributed by atoms with Crippen LogP contribution in [0.4, 0.5) is 10.1 Å². The second-order valence-electron chi connectivity index (χ2n) is 5.17. The molecule has 0 aliphatic rings. The highest BCUT2D eigenvalue weighted by Crippen LogP contribution is 2.12. The van der Waals surface area contributed by atoms with E-state index in [9.17, 15) is 14.0 Å². The van der Waals surface area contributed by atoms with Crippen molar-refractivity contribution in [2.45, 2.75) is 19.9 Å². The Morgan fingerprint density at radius 3 is 2.36 bits per heavy atom. The molecule has 0 aliphatic heterocycles. The molecule has 0 bridgehead atoms. The van der Waals surface area contributed by atoms with Crippen molar-refractivity contribution < 1.29 is 18.4 Å². The van der Waals surface area contributed by atoms with E-state index in [1.165, 1.54) is 36.6 Å². The predicted molar refractivity (Wildman–Crippen MR) is 79.8 cm³/mol. The van der Waals surface area contributed by atoms with Crippen LogP contribution >= 0.6 is 0 Å². The zero-order chi connectivity index (χ0) is 16.1. The lowest BCUT2D eigenvalue weighted by atomic mass is 10.0. The van der Waals surface area contributed by atoms with E-state index < -0.39 is 11.9 Å². The number of anilines is 1. The number of halogens is 1. The minimum Gasteiger partial charge on any atom is -0.459 e. The molecule has 22 heavy (non-hydrogen) atoms. The van der Waals surface area contributed by atoms with Crippen molar-refractivity contribution in [3.63, 3.8) is 0 Å². The number of carbonyl (C=O) groups is 2. The van der Waals surface area contributed by atoms with Gasteiger partial charge in [-0.15, -0.1) is 0 Å². The second-order valence-corrected chi connectivity index (χ2v) is 5.17. The highest BCUT2D eigenvalue weighted by Gasteiger charge is 2.25. The summed E-state index contributed by atoms with van der Waals surface area (Å²) in [5.41, 5.74) is 0.462. The average Bonchev–Trinajstić information content (AvgIpc) is 3.00. The average molecular weight is 304 g/mol. The Bertz CT molecular complexity index is 636. The van der Waals surface area contributed by atoms with Gasteiger partial charge in [-0.25, -0.2) is 4.39 Å². The maximum Gasteiger partial charge on any atom is 0.287 e. The van der Waals surface area contributed by atoms with Gasteiger partial charge in [-0.3, -0.25) is 9.59 Å². The highest BCUT2D eigenvalue weighted by atomic mass is 19.1. The van der Waals surface area contributed by atoms with Crippen molar-refractivity contribution in [1.82, 2.24) is 5.32 Å². The van der Waals surface area contributed by atoms with Gasteiger partial charge in [0.15, 0.2) is 5.76 Å². The van der Waals surface area contributed by atoms with E-state index in [0.717, 1.165) is 0 Å². The summed E-state index contributed by atoms with van der Waals surface area (Å²) < 4.78 is 17.9. The summed E-state index contributed by atoms with van der Waals surface area (Å²) in [6.07, 6.45) is 1.39. The Labute approximate surface area is 127 Å². The van der Waals surface area contributed by atoms with Gasteiger partial charge >= 0.3 is 0 Å². The maximum atomic E-state index is 12.9. The molecule has 6 heteroatoms. The van der Waals surface area contributed by atoms with E-state index in [4.69, 9.17) is 4.42 Å². The summed E-state index contributed by atoms with van der Waals surface area (Å²) >= 11 is 0. The Hall–Kier alpha value is -2.63. The van der Waals surface area contributed by atoms with E-state index in [-0.39, 0.29) is 23.4 Å². The van der Waals surface area contributed by atoms with E-state index in [1.54, 1.807) is 6.07 Å². The monoisotopic (exact) mass is 304 g/mol. The third kappa shape index (κ3) is 3.94. The summed E-state index contributed by atoms with van der Waals surface area (Å²) in [5.74, 6) is -1.21. The third-order valence-corrected chi connectivity index (χ3v) is 3.09. The van der Waals surface area contributed by atoms with Gasteiger partial charge in [-0.2, -0.15) is 0 Å². The van der Waals surface area contributed by atoms with Crippen LogP contribution in [-0.2, 0) is 4.79 Å². The van der Waals surface area contributed by atoms with Crippen LogP contribution in [0.5, 0.6) is 0 Å². The molecule has 116 valence electrons.